The van der Waals surface area contributed by atoms with E-state index in [9.17, 15) is 4.79 Å². The Bertz CT molecular complexity index is 510. The fourth-order valence-electron chi connectivity index (χ4n) is 3.63. The molecule has 160 valence electrons. The smallest absolute Gasteiger partial charge is 0.224 e. The van der Waals surface area contributed by atoms with Gasteiger partial charge in [-0.3, -0.25) is 4.79 Å². The van der Waals surface area contributed by atoms with Crippen LogP contribution in [0.15, 0.2) is 18.2 Å². The number of amides is 1. The molecule has 0 aromatic heterocycles. The summed E-state index contributed by atoms with van der Waals surface area (Å²) in [4.78, 5) is 12.0. The maximum absolute atomic E-state index is 12.0. The molecule has 0 fully saturated rings. The first-order chi connectivity index (χ1) is 13.6. The Morgan fingerprint density at radius 1 is 0.679 bits per heavy atom. The van der Waals surface area contributed by atoms with Crippen molar-refractivity contribution in [2.24, 2.45) is 0 Å². The lowest BCUT2D eigenvalue weighted by molar-refractivity contribution is -0.116. The van der Waals surface area contributed by atoms with Crippen molar-refractivity contribution in [3.8, 4) is 0 Å². The maximum atomic E-state index is 12.0. The van der Waals surface area contributed by atoms with E-state index < -0.39 is 0 Å². The van der Waals surface area contributed by atoms with E-state index >= 15 is 0 Å². The maximum Gasteiger partial charge on any atom is 0.224 e. The number of benzene rings is 1. The minimum absolute atomic E-state index is 0.0414. The lowest BCUT2D eigenvalue weighted by Crippen LogP contribution is -2.11. The zero-order chi connectivity index (χ0) is 20.5. The van der Waals surface area contributed by atoms with Crippen LogP contribution in [0.3, 0.4) is 0 Å². The van der Waals surface area contributed by atoms with Crippen molar-refractivity contribution in [1.29, 1.82) is 0 Å². The van der Waals surface area contributed by atoms with E-state index in [4.69, 9.17) is 11.5 Å². The first-order valence-electron chi connectivity index (χ1n) is 11.6. The Kier molecular flexibility index (Phi) is 14.1. The van der Waals surface area contributed by atoms with Gasteiger partial charge in [-0.2, -0.15) is 0 Å². The van der Waals surface area contributed by atoms with Gasteiger partial charge in [0.1, 0.15) is 0 Å². The largest absolute Gasteiger partial charge is 0.399 e. The van der Waals surface area contributed by atoms with Gasteiger partial charge in [0.25, 0.3) is 0 Å². The fraction of sp³-hybridized carbons (Fsp3) is 0.708. The summed E-state index contributed by atoms with van der Waals surface area (Å²) in [6, 6.07) is 5.16. The Morgan fingerprint density at radius 3 is 1.50 bits per heavy atom. The number of carbonyl (C=O) groups excluding carboxylic acids is 1. The molecule has 1 aromatic rings. The minimum Gasteiger partial charge on any atom is -0.399 e. The van der Waals surface area contributed by atoms with Gasteiger partial charge in [0, 0.05) is 23.5 Å². The molecule has 0 heterocycles. The SMILES string of the molecule is CCCCCCCCCCCCCCCCCC(=O)Nc1cc(N)cc(N)c1. The van der Waals surface area contributed by atoms with Gasteiger partial charge in [-0.1, -0.05) is 96.8 Å². The molecular formula is C24H43N3O. The number of nitrogens with one attached hydrogen (secondary N) is 1. The highest BCUT2D eigenvalue weighted by molar-refractivity contribution is 5.91. The third-order valence-electron chi connectivity index (χ3n) is 5.27. The third-order valence-corrected chi connectivity index (χ3v) is 5.27. The molecule has 0 saturated heterocycles. The summed E-state index contributed by atoms with van der Waals surface area (Å²) in [5.74, 6) is 0.0414. The Morgan fingerprint density at radius 2 is 1.07 bits per heavy atom. The Balaban J connectivity index is 1.86. The highest BCUT2D eigenvalue weighted by atomic mass is 16.1. The third kappa shape index (κ3) is 13.5. The number of hydrogen-bond acceptors (Lipinski definition) is 3. The van der Waals surface area contributed by atoms with E-state index in [1.807, 2.05) is 0 Å². The first-order valence-corrected chi connectivity index (χ1v) is 11.6. The second-order valence-electron chi connectivity index (χ2n) is 8.14. The van der Waals surface area contributed by atoms with Gasteiger partial charge in [0.05, 0.1) is 0 Å². The predicted molar refractivity (Wildman–Crippen MR) is 123 cm³/mol. The van der Waals surface area contributed by atoms with Crippen molar-refractivity contribution < 1.29 is 4.79 Å². The average molecular weight is 390 g/mol. The summed E-state index contributed by atoms with van der Waals surface area (Å²) in [6.07, 6.45) is 20.5. The molecular weight excluding hydrogens is 346 g/mol. The second-order valence-corrected chi connectivity index (χ2v) is 8.14. The van der Waals surface area contributed by atoms with Crippen molar-refractivity contribution in [3.05, 3.63) is 18.2 Å². The van der Waals surface area contributed by atoms with E-state index in [1.54, 1.807) is 18.2 Å². The van der Waals surface area contributed by atoms with Crippen LogP contribution in [0.2, 0.25) is 0 Å². The molecule has 0 spiro atoms. The molecule has 0 saturated carbocycles. The molecule has 0 atom stereocenters. The van der Waals surface area contributed by atoms with E-state index in [2.05, 4.69) is 12.2 Å². The number of nitrogens with two attached hydrogens (primary N) is 2. The molecule has 1 rings (SSSR count). The number of anilines is 3. The summed E-state index contributed by atoms with van der Waals surface area (Å²) in [7, 11) is 0. The number of hydrogen-bond donors (Lipinski definition) is 3. The van der Waals surface area contributed by atoms with Gasteiger partial charge in [-0.25, -0.2) is 0 Å². The van der Waals surface area contributed by atoms with Crippen LogP contribution in [0.4, 0.5) is 17.1 Å². The van der Waals surface area contributed by atoms with Crippen LogP contribution in [0.5, 0.6) is 0 Å². The van der Waals surface area contributed by atoms with Crippen LogP contribution < -0.4 is 16.8 Å². The van der Waals surface area contributed by atoms with Crippen molar-refractivity contribution >= 4 is 23.0 Å². The highest BCUT2D eigenvalue weighted by Gasteiger charge is 2.04. The lowest BCUT2D eigenvalue weighted by Gasteiger charge is -2.07. The Labute approximate surface area is 172 Å². The number of carbonyl (C=O) groups is 1. The van der Waals surface area contributed by atoms with Gasteiger partial charge in [-0.05, 0) is 24.6 Å². The quantitative estimate of drug-likeness (QED) is 0.197. The summed E-state index contributed by atoms with van der Waals surface area (Å²) in [5.41, 5.74) is 13.3. The van der Waals surface area contributed by atoms with Crippen LogP contribution in [0.1, 0.15) is 110 Å². The first kappa shape index (κ1) is 24.3. The number of unbranched alkanes of at least 4 members (excludes halogenated alkanes) is 14. The molecule has 4 heteroatoms. The van der Waals surface area contributed by atoms with E-state index in [0.717, 1.165) is 12.8 Å². The van der Waals surface area contributed by atoms with E-state index in [1.165, 1.54) is 83.5 Å². The summed E-state index contributed by atoms with van der Waals surface area (Å²) in [5, 5.41) is 2.87. The molecule has 4 nitrogen and oxygen atoms in total. The van der Waals surface area contributed by atoms with Gasteiger partial charge in [0.15, 0.2) is 0 Å². The molecule has 5 N–H and O–H groups in total. The van der Waals surface area contributed by atoms with Crippen LogP contribution in [-0.2, 0) is 4.79 Å². The summed E-state index contributed by atoms with van der Waals surface area (Å²) < 4.78 is 0. The van der Waals surface area contributed by atoms with Crippen molar-refractivity contribution in [3.63, 3.8) is 0 Å². The topological polar surface area (TPSA) is 81.1 Å². The predicted octanol–water partition coefficient (Wildman–Crippen LogP) is 7.05. The molecule has 0 bridgehead atoms. The number of nitrogen functional groups attached to an aromatic ring is 2. The zero-order valence-electron chi connectivity index (χ0n) is 18.1. The molecule has 0 aliphatic rings. The second kappa shape index (κ2) is 16.3. The number of rotatable bonds is 17. The van der Waals surface area contributed by atoms with Crippen LogP contribution >= 0.6 is 0 Å². The van der Waals surface area contributed by atoms with E-state index in [0.29, 0.717) is 23.5 Å². The fourth-order valence-corrected chi connectivity index (χ4v) is 3.63. The zero-order valence-corrected chi connectivity index (χ0v) is 18.1. The standard InChI is InChI=1S/C24H43N3O/c1-2-3-4-5-6-7-8-9-10-11-12-13-14-15-16-17-24(28)27-23-19-21(25)18-22(26)20-23/h18-20H,2-17,25-26H2,1H3,(H,27,28). The highest BCUT2D eigenvalue weighted by Crippen LogP contribution is 2.19. The molecule has 0 aliphatic carbocycles. The van der Waals surface area contributed by atoms with Crippen LogP contribution in [0.25, 0.3) is 0 Å². The van der Waals surface area contributed by atoms with Crippen molar-refractivity contribution in [2.45, 2.75) is 110 Å². The summed E-state index contributed by atoms with van der Waals surface area (Å²) in [6.45, 7) is 2.27. The van der Waals surface area contributed by atoms with Crippen LogP contribution in [0, 0.1) is 0 Å². The monoisotopic (exact) mass is 389 g/mol. The molecule has 0 radical (unpaired) electrons. The van der Waals surface area contributed by atoms with Gasteiger partial charge >= 0.3 is 0 Å². The normalized spacial score (nSPS) is 10.9. The van der Waals surface area contributed by atoms with Gasteiger partial charge in [-0.15, -0.1) is 0 Å². The van der Waals surface area contributed by atoms with Crippen molar-refractivity contribution in [2.75, 3.05) is 16.8 Å². The summed E-state index contributed by atoms with van der Waals surface area (Å²) >= 11 is 0. The van der Waals surface area contributed by atoms with Gasteiger partial charge < -0.3 is 16.8 Å². The molecule has 28 heavy (non-hydrogen) atoms. The Hall–Kier alpha value is -1.71. The van der Waals surface area contributed by atoms with E-state index in [-0.39, 0.29) is 5.91 Å². The van der Waals surface area contributed by atoms with Crippen molar-refractivity contribution in [1.82, 2.24) is 0 Å². The molecule has 1 aromatic carbocycles. The average Bonchev–Trinajstić information content (AvgIpc) is 2.64. The minimum atomic E-state index is 0.0414. The van der Waals surface area contributed by atoms with Gasteiger partial charge in [0.2, 0.25) is 5.91 Å². The lowest BCUT2D eigenvalue weighted by atomic mass is 10.0. The molecule has 0 unspecified atom stereocenters. The molecule has 0 aliphatic heterocycles. The van der Waals surface area contributed by atoms with Crippen LogP contribution in [-0.4, -0.2) is 5.91 Å². The molecule has 1 amide bonds.